The van der Waals surface area contributed by atoms with Gasteiger partial charge in [0.15, 0.2) is 4.90 Å². The molecule has 5 nitrogen and oxygen atoms in total. The van der Waals surface area contributed by atoms with Crippen molar-refractivity contribution in [3.8, 4) is 11.1 Å². The van der Waals surface area contributed by atoms with Gasteiger partial charge in [-0.05, 0) is 47.1 Å². The molecule has 1 unspecified atom stereocenters. The van der Waals surface area contributed by atoms with Crippen LogP contribution in [0, 0.1) is 0 Å². The van der Waals surface area contributed by atoms with Gasteiger partial charge in [0, 0.05) is 22.0 Å². The molecule has 1 atom stereocenters. The van der Waals surface area contributed by atoms with Crippen molar-refractivity contribution in [2.75, 3.05) is 6.26 Å². The zero-order valence-electron chi connectivity index (χ0n) is 11.9. The molecule has 3 rings (SSSR count). The number of hydrogen-bond donors (Lipinski definition) is 1. The van der Waals surface area contributed by atoms with Gasteiger partial charge in [-0.15, -0.1) is 0 Å². The van der Waals surface area contributed by atoms with E-state index in [9.17, 15) is 13.0 Å². The maximum absolute atomic E-state index is 11.9. The van der Waals surface area contributed by atoms with Gasteiger partial charge in [-0.1, -0.05) is 17.7 Å². The average molecular weight is 370 g/mol. The molecule has 0 saturated carbocycles. The Bertz CT molecular complexity index is 996. The van der Waals surface area contributed by atoms with Gasteiger partial charge in [-0.2, -0.15) is 0 Å². The van der Waals surface area contributed by atoms with E-state index in [-0.39, 0.29) is 5.09 Å². The third-order valence-electron chi connectivity index (χ3n) is 3.34. The number of benzene rings is 2. The fourth-order valence-electron chi connectivity index (χ4n) is 2.31. The molecule has 0 aliphatic heterocycles. The van der Waals surface area contributed by atoms with Gasteiger partial charge in [0.1, 0.15) is 11.8 Å². The Kier molecular flexibility index (Phi) is 4.16. The molecule has 120 valence electrons. The third kappa shape index (κ3) is 3.24. The summed E-state index contributed by atoms with van der Waals surface area (Å²) < 4.78 is 39.9. The fraction of sp³-hybridized carbons (Fsp3) is 0.0667. The predicted octanol–water partition coefficient (Wildman–Crippen LogP) is 3.14. The molecule has 3 aromatic rings. The van der Waals surface area contributed by atoms with Crippen molar-refractivity contribution in [3.63, 3.8) is 0 Å². The van der Waals surface area contributed by atoms with Crippen LogP contribution >= 0.6 is 11.6 Å². The number of nitrogens with two attached hydrogens (primary N) is 1. The summed E-state index contributed by atoms with van der Waals surface area (Å²) in [7, 11) is -3.91. The van der Waals surface area contributed by atoms with E-state index in [2.05, 4.69) is 0 Å². The van der Waals surface area contributed by atoms with Gasteiger partial charge in [0.25, 0.3) is 10.0 Å². The topological polar surface area (TPSA) is 96.4 Å². The Morgan fingerprint density at radius 2 is 1.91 bits per heavy atom. The van der Waals surface area contributed by atoms with Crippen molar-refractivity contribution < 1.29 is 17.4 Å². The normalized spacial score (nSPS) is 13.4. The van der Waals surface area contributed by atoms with Crippen LogP contribution in [-0.4, -0.2) is 19.2 Å². The van der Waals surface area contributed by atoms with Gasteiger partial charge in [-0.3, -0.25) is 0 Å². The van der Waals surface area contributed by atoms with Gasteiger partial charge in [0.2, 0.25) is 5.09 Å². The lowest BCUT2D eigenvalue weighted by molar-refractivity contribution is 0.482. The van der Waals surface area contributed by atoms with E-state index in [1.54, 1.807) is 42.7 Å². The second-order valence-corrected chi connectivity index (χ2v) is 8.23. The highest BCUT2D eigenvalue weighted by atomic mass is 35.5. The van der Waals surface area contributed by atoms with Gasteiger partial charge in [0.05, 0.1) is 0 Å². The van der Waals surface area contributed by atoms with E-state index >= 15 is 0 Å². The first kappa shape index (κ1) is 16.4. The number of primary sulfonamides is 1. The lowest BCUT2D eigenvalue weighted by atomic mass is 10.0. The van der Waals surface area contributed by atoms with Crippen molar-refractivity contribution in [2.24, 2.45) is 5.14 Å². The summed E-state index contributed by atoms with van der Waals surface area (Å²) >= 11 is 4.85. The first-order valence-corrected chi connectivity index (χ1v) is 9.94. The minimum atomic E-state index is -3.91. The average Bonchev–Trinajstić information content (AvgIpc) is 2.89. The van der Waals surface area contributed by atoms with E-state index in [0.717, 1.165) is 11.1 Å². The Balaban J connectivity index is 2.20. The zero-order chi connectivity index (χ0) is 16.8. The van der Waals surface area contributed by atoms with E-state index < -0.39 is 21.2 Å². The fourth-order valence-corrected chi connectivity index (χ4v) is 3.72. The monoisotopic (exact) mass is 369 g/mol. The van der Waals surface area contributed by atoms with E-state index in [4.69, 9.17) is 21.2 Å². The van der Waals surface area contributed by atoms with Gasteiger partial charge in [-0.25, -0.2) is 13.6 Å². The number of furan rings is 1. The van der Waals surface area contributed by atoms with E-state index in [0.29, 0.717) is 20.9 Å². The Labute approximate surface area is 141 Å². The number of fused-ring (bicyclic) bond motifs is 1. The highest BCUT2D eigenvalue weighted by Crippen LogP contribution is 2.33. The summed E-state index contributed by atoms with van der Waals surface area (Å²) in [5, 5.41) is 5.88. The number of rotatable bonds is 3. The lowest BCUT2D eigenvalue weighted by Gasteiger charge is -2.11. The van der Waals surface area contributed by atoms with E-state index in [1.165, 1.54) is 6.07 Å². The molecule has 0 aliphatic carbocycles. The summed E-state index contributed by atoms with van der Waals surface area (Å²) in [6.07, 6.45) is 1.59. The van der Waals surface area contributed by atoms with Gasteiger partial charge >= 0.3 is 0 Å². The highest BCUT2D eigenvalue weighted by molar-refractivity contribution is 7.90. The van der Waals surface area contributed by atoms with Crippen LogP contribution in [0.1, 0.15) is 0 Å². The van der Waals surface area contributed by atoms with Gasteiger partial charge < -0.3 is 8.97 Å². The summed E-state index contributed by atoms with van der Waals surface area (Å²) in [6, 6.07) is 11.6. The van der Waals surface area contributed by atoms with Crippen molar-refractivity contribution in [3.05, 3.63) is 47.5 Å². The quantitative estimate of drug-likeness (QED) is 0.717. The molecule has 0 bridgehead atoms. The van der Waals surface area contributed by atoms with Crippen LogP contribution < -0.4 is 5.14 Å². The summed E-state index contributed by atoms with van der Waals surface area (Å²) in [4.78, 5) is 0.643. The Morgan fingerprint density at radius 3 is 2.57 bits per heavy atom. The molecule has 2 N–H and O–H groups in total. The van der Waals surface area contributed by atoms with Crippen LogP contribution in [0.4, 0.5) is 0 Å². The van der Waals surface area contributed by atoms with Crippen LogP contribution in [0.15, 0.2) is 56.9 Å². The van der Waals surface area contributed by atoms with Crippen molar-refractivity contribution >= 4 is 43.8 Å². The first-order chi connectivity index (χ1) is 10.8. The predicted molar refractivity (Wildman–Crippen MR) is 90.4 cm³/mol. The number of sulfonamides is 1. The summed E-state index contributed by atoms with van der Waals surface area (Å²) in [6.45, 7) is 0. The molecule has 1 heterocycles. The highest BCUT2D eigenvalue weighted by Gasteiger charge is 2.17. The maximum atomic E-state index is 11.9. The molecule has 0 radical (unpaired) electrons. The standard InChI is InChI=1S/C15H12ClNO4S2/c1-22(18)14-5-3-11(16)8-12(14)9-2-4-13-10(6-9)7-15(21-13)23(17,19)20/h2-8H,1H3,(H2,17,19,20). The molecule has 8 heteroatoms. The molecular formula is C15H12ClNO4S2. The van der Waals surface area contributed by atoms with Crippen LogP contribution in [-0.2, 0) is 21.2 Å². The molecule has 2 aromatic carbocycles. The minimum Gasteiger partial charge on any atom is -0.612 e. The lowest BCUT2D eigenvalue weighted by Crippen LogP contribution is -2.10. The second kappa shape index (κ2) is 5.85. The molecule has 0 spiro atoms. The molecule has 23 heavy (non-hydrogen) atoms. The summed E-state index contributed by atoms with van der Waals surface area (Å²) in [5.74, 6) is 0. The second-order valence-electron chi connectivity index (χ2n) is 4.96. The van der Waals surface area contributed by atoms with Crippen LogP contribution in [0.5, 0.6) is 0 Å². The largest absolute Gasteiger partial charge is 0.612 e. The van der Waals surface area contributed by atoms with Crippen molar-refractivity contribution in [2.45, 2.75) is 9.99 Å². The maximum Gasteiger partial charge on any atom is 0.271 e. The molecule has 0 aliphatic rings. The first-order valence-electron chi connectivity index (χ1n) is 6.45. The molecular weight excluding hydrogens is 358 g/mol. The SMILES string of the molecule is C[S+]([O-])c1ccc(Cl)cc1-c1ccc2oc(S(N)(=O)=O)cc2c1. The van der Waals surface area contributed by atoms with Crippen molar-refractivity contribution in [1.82, 2.24) is 0 Å². The molecule has 0 saturated heterocycles. The van der Waals surface area contributed by atoms with Crippen LogP contribution in [0.25, 0.3) is 22.1 Å². The van der Waals surface area contributed by atoms with Crippen molar-refractivity contribution in [1.29, 1.82) is 0 Å². The molecule has 0 fully saturated rings. The Morgan fingerprint density at radius 1 is 1.17 bits per heavy atom. The van der Waals surface area contributed by atoms with Crippen LogP contribution in [0.2, 0.25) is 5.02 Å². The minimum absolute atomic E-state index is 0.296. The summed E-state index contributed by atoms with van der Waals surface area (Å²) in [5.41, 5.74) is 1.88. The number of halogens is 1. The molecule has 1 aromatic heterocycles. The van der Waals surface area contributed by atoms with Crippen LogP contribution in [0.3, 0.4) is 0 Å². The Hall–Kier alpha value is -1.51. The van der Waals surface area contributed by atoms with E-state index in [1.807, 2.05) is 0 Å². The third-order valence-corrected chi connectivity index (χ3v) is 5.31. The smallest absolute Gasteiger partial charge is 0.271 e. The molecule has 0 amide bonds. The zero-order valence-corrected chi connectivity index (χ0v) is 14.3. The number of hydrogen-bond acceptors (Lipinski definition) is 4.